The number of benzene rings is 2. The van der Waals surface area contributed by atoms with Gasteiger partial charge in [0.1, 0.15) is 10.6 Å². The van der Waals surface area contributed by atoms with Crippen LogP contribution in [0.25, 0.3) is 11.0 Å². The highest BCUT2D eigenvalue weighted by atomic mass is 32.1. The number of carbonyl (C=O) groups is 2. The van der Waals surface area contributed by atoms with E-state index in [4.69, 9.17) is 12.2 Å². The van der Waals surface area contributed by atoms with Crippen molar-refractivity contribution in [2.24, 2.45) is 0 Å². The minimum atomic E-state index is -4.48. The van der Waals surface area contributed by atoms with E-state index in [-0.39, 0.29) is 16.3 Å². The number of rotatable bonds is 5. The first kappa shape index (κ1) is 23.1. The molecule has 2 aromatic heterocycles. The summed E-state index contributed by atoms with van der Waals surface area (Å²) in [5, 5.41) is 6.28. The third kappa shape index (κ3) is 5.12. The lowest BCUT2D eigenvalue weighted by Crippen LogP contribution is -2.15. The van der Waals surface area contributed by atoms with Gasteiger partial charge < -0.3 is 15.6 Å². The van der Waals surface area contributed by atoms with E-state index in [0.717, 1.165) is 12.1 Å². The molecule has 34 heavy (non-hydrogen) atoms. The molecule has 0 spiro atoms. The van der Waals surface area contributed by atoms with Crippen LogP contribution in [-0.2, 0) is 6.18 Å². The number of halogens is 3. The molecule has 0 saturated heterocycles. The molecule has 0 unspecified atom stereocenters. The summed E-state index contributed by atoms with van der Waals surface area (Å²) in [5.41, 5.74) is 1.53. The number of hydrogen-bond acceptors (Lipinski definition) is 4. The van der Waals surface area contributed by atoms with Gasteiger partial charge in [-0.1, -0.05) is 30.4 Å². The van der Waals surface area contributed by atoms with E-state index in [0.29, 0.717) is 33.7 Å². The van der Waals surface area contributed by atoms with Gasteiger partial charge in [-0.05, 0) is 42.5 Å². The fourth-order valence-corrected chi connectivity index (χ4v) is 3.50. The van der Waals surface area contributed by atoms with Crippen LogP contribution in [0.15, 0.2) is 66.9 Å². The summed E-state index contributed by atoms with van der Waals surface area (Å²) < 4.78 is 38.9. The minimum absolute atomic E-state index is 0.0899. The first-order valence-corrected chi connectivity index (χ1v) is 10.4. The number of nitrogens with one attached hydrogen (secondary N) is 3. The van der Waals surface area contributed by atoms with Crippen LogP contribution in [0.1, 0.15) is 38.9 Å². The monoisotopic (exact) mass is 482 g/mol. The van der Waals surface area contributed by atoms with Crippen LogP contribution in [0.2, 0.25) is 0 Å². The third-order valence-electron chi connectivity index (χ3n) is 4.94. The molecule has 2 aromatic carbocycles. The number of amides is 1. The van der Waals surface area contributed by atoms with Crippen molar-refractivity contribution < 1.29 is 22.8 Å². The Morgan fingerprint density at radius 2 is 1.68 bits per heavy atom. The molecule has 6 nitrogen and oxygen atoms in total. The van der Waals surface area contributed by atoms with Crippen LogP contribution in [0, 0.1) is 0 Å². The zero-order valence-electron chi connectivity index (χ0n) is 17.7. The van der Waals surface area contributed by atoms with Crippen molar-refractivity contribution in [1.29, 1.82) is 0 Å². The molecular weight excluding hydrogens is 465 g/mol. The van der Waals surface area contributed by atoms with Crippen LogP contribution in [0.5, 0.6) is 0 Å². The fourth-order valence-electron chi connectivity index (χ4n) is 3.25. The number of nitrogens with zero attached hydrogens (tertiary/aromatic N) is 1. The smallest absolute Gasteiger partial charge is 0.346 e. The molecule has 4 aromatic rings. The molecule has 0 fully saturated rings. The average Bonchev–Trinajstić information content (AvgIpc) is 3.23. The number of thiocarbonyl (C=S) groups is 1. The molecule has 172 valence electrons. The molecule has 0 atom stereocenters. The molecule has 3 N–H and O–H groups in total. The number of fused-ring (bicyclic) bond motifs is 1. The van der Waals surface area contributed by atoms with E-state index < -0.39 is 17.6 Å². The molecule has 0 aliphatic rings. The fraction of sp³-hybridized carbons (Fsp3) is 0.0833. The second kappa shape index (κ2) is 9.06. The molecule has 0 bridgehead atoms. The first-order valence-electron chi connectivity index (χ1n) is 10.00. The van der Waals surface area contributed by atoms with Gasteiger partial charge in [0.25, 0.3) is 5.91 Å². The van der Waals surface area contributed by atoms with Gasteiger partial charge >= 0.3 is 6.18 Å². The highest BCUT2D eigenvalue weighted by molar-refractivity contribution is 7.81. The molecule has 10 heteroatoms. The zero-order chi connectivity index (χ0) is 24.5. The quantitative estimate of drug-likeness (QED) is 0.246. The number of anilines is 2. The summed E-state index contributed by atoms with van der Waals surface area (Å²) in [6, 6.07) is 14.4. The lowest BCUT2D eigenvalue weighted by Gasteiger charge is -2.12. The summed E-state index contributed by atoms with van der Waals surface area (Å²) in [4.78, 5) is 31.5. The van der Waals surface area contributed by atoms with Gasteiger partial charge in [0, 0.05) is 29.1 Å². The van der Waals surface area contributed by atoms with Crippen LogP contribution in [-0.4, -0.2) is 26.6 Å². The Hall–Kier alpha value is -4.05. The molecule has 0 aliphatic heterocycles. The van der Waals surface area contributed by atoms with Gasteiger partial charge in [0.05, 0.1) is 23.1 Å². The summed E-state index contributed by atoms with van der Waals surface area (Å²) in [7, 11) is 0. The van der Waals surface area contributed by atoms with Crippen molar-refractivity contribution in [1.82, 2.24) is 9.97 Å². The van der Waals surface area contributed by atoms with Gasteiger partial charge in [-0.2, -0.15) is 13.2 Å². The van der Waals surface area contributed by atoms with Crippen LogP contribution in [0.3, 0.4) is 0 Å². The molecule has 2 heterocycles. The van der Waals surface area contributed by atoms with Crippen molar-refractivity contribution in [3.05, 3.63) is 89.2 Å². The summed E-state index contributed by atoms with van der Waals surface area (Å²) in [6.45, 7) is 1.44. The van der Waals surface area contributed by atoms with E-state index in [2.05, 4.69) is 20.6 Å². The number of aromatic nitrogens is 2. The van der Waals surface area contributed by atoms with Gasteiger partial charge in [0.2, 0.25) is 0 Å². The van der Waals surface area contributed by atoms with Crippen molar-refractivity contribution in [2.75, 3.05) is 10.6 Å². The van der Waals surface area contributed by atoms with E-state index in [1.165, 1.54) is 31.3 Å². The van der Waals surface area contributed by atoms with Crippen LogP contribution >= 0.6 is 12.2 Å². The third-order valence-corrected chi connectivity index (χ3v) is 5.28. The molecule has 0 radical (unpaired) electrons. The second-order valence-electron chi connectivity index (χ2n) is 7.47. The highest BCUT2D eigenvalue weighted by Gasteiger charge is 2.30. The van der Waals surface area contributed by atoms with Gasteiger partial charge in [-0.25, -0.2) is 4.98 Å². The molecular formula is C24H17F3N4O2S. The van der Waals surface area contributed by atoms with Gasteiger partial charge in [-0.3, -0.25) is 9.59 Å². The van der Waals surface area contributed by atoms with Crippen molar-refractivity contribution in [3.63, 3.8) is 0 Å². The second-order valence-corrected chi connectivity index (χ2v) is 7.88. The minimum Gasteiger partial charge on any atom is -0.346 e. The van der Waals surface area contributed by atoms with Crippen molar-refractivity contribution >= 4 is 51.3 Å². The Bertz CT molecular complexity index is 1430. The van der Waals surface area contributed by atoms with Gasteiger partial charge in [0.15, 0.2) is 5.78 Å². The number of ketones is 1. The van der Waals surface area contributed by atoms with Crippen LogP contribution in [0.4, 0.5) is 24.5 Å². The number of aromatic amines is 1. The number of alkyl halides is 3. The molecule has 0 saturated carbocycles. The van der Waals surface area contributed by atoms with Crippen LogP contribution < -0.4 is 10.6 Å². The number of H-pyrrole nitrogens is 1. The lowest BCUT2D eigenvalue weighted by molar-refractivity contribution is -0.137. The van der Waals surface area contributed by atoms with Crippen molar-refractivity contribution in [3.8, 4) is 0 Å². The number of pyridine rings is 1. The predicted octanol–water partition coefficient (Wildman–Crippen LogP) is 5.82. The maximum absolute atomic E-state index is 13.0. The Morgan fingerprint density at radius 1 is 0.941 bits per heavy atom. The highest BCUT2D eigenvalue weighted by Crippen LogP contribution is 2.30. The van der Waals surface area contributed by atoms with E-state index >= 15 is 0 Å². The number of hydrogen-bond donors (Lipinski definition) is 3. The van der Waals surface area contributed by atoms with Crippen molar-refractivity contribution in [2.45, 2.75) is 13.1 Å². The average molecular weight is 482 g/mol. The lowest BCUT2D eigenvalue weighted by atomic mass is 10.1. The predicted molar refractivity (Wildman–Crippen MR) is 127 cm³/mol. The summed E-state index contributed by atoms with van der Waals surface area (Å²) in [6.07, 6.45) is -3.01. The zero-order valence-corrected chi connectivity index (χ0v) is 18.5. The Morgan fingerprint density at radius 3 is 2.41 bits per heavy atom. The number of Topliss-reactive ketones (excluding diaryl/α,β-unsaturated/α-hetero) is 1. The molecule has 4 rings (SSSR count). The molecule has 1 amide bonds. The maximum Gasteiger partial charge on any atom is 0.416 e. The summed E-state index contributed by atoms with van der Waals surface area (Å²) in [5.74, 6) is -0.548. The first-order chi connectivity index (χ1) is 16.1. The summed E-state index contributed by atoms with van der Waals surface area (Å²) >= 11 is 5.25. The van der Waals surface area contributed by atoms with E-state index in [1.807, 2.05) is 0 Å². The van der Waals surface area contributed by atoms with E-state index in [1.54, 1.807) is 30.3 Å². The molecule has 0 aliphatic carbocycles. The Labute approximate surface area is 197 Å². The SMILES string of the molecule is CC(=O)c1cc2cc(NC(=O)c3cccc(NC(=S)c4cccc(C(F)(F)F)c4)c3)cnc2[nH]1. The standard InChI is InChI=1S/C24H17F3N4O2S/c1-13(32)20-11-16-10-19(12-28-21(16)31-20)29-22(33)14-4-3-7-18(9-14)30-23(34)15-5-2-6-17(8-15)24(25,26)27/h2-12H,1H3,(H,28,31)(H,29,33)(H,30,34). The Kier molecular flexibility index (Phi) is 6.16. The van der Waals surface area contributed by atoms with Gasteiger partial charge in [-0.15, -0.1) is 0 Å². The normalized spacial score (nSPS) is 11.3. The topological polar surface area (TPSA) is 86.9 Å². The van der Waals surface area contributed by atoms with E-state index in [9.17, 15) is 22.8 Å². The number of carbonyl (C=O) groups excluding carboxylic acids is 2. The Balaban J connectivity index is 1.49. The largest absolute Gasteiger partial charge is 0.416 e. The maximum atomic E-state index is 13.0.